The summed E-state index contributed by atoms with van der Waals surface area (Å²) in [5, 5.41) is 9.58. The molecule has 0 spiro atoms. The zero-order chi connectivity index (χ0) is 15.1. The van der Waals surface area contributed by atoms with Gasteiger partial charge in [0.1, 0.15) is 0 Å². The minimum absolute atomic E-state index is 0.312. The molecule has 2 aromatic rings. The molecule has 2 rings (SSSR count). The summed E-state index contributed by atoms with van der Waals surface area (Å²) in [6.45, 7) is 3.73. The van der Waals surface area contributed by atoms with Crippen molar-refractivity contribution in [3.63, 3.8) is 0 Å². The van der Waals surface area contributed by atoms with Gasteiger partial charge in [0, 0.05) is 18.0 Å². The standard InChI is InChI=1S/C18H17NO2/c1-2-7-15(12-14-8-4-3-5-9-14)17(18(20)21)16-10-6-11-19-13-16/h2-6,8-11,13H,1,7,12H2,(H,20,21). The predicted octanol–water partition coefficient (Wildman–Crippen LogP) is 3.74. The molecule has 1 heterocycles. The summed E-state index contributed by atoms with van der Waals surface area (Å²) < 4.78 is 0. The topological polar surface area (TPSA) is 50.2 Å². The number of hydrogen-bond acceptors (Lipinski definition) is 2. The van der Waals surface area contributed by atoms with E-state index in [1.807, 2.05) is 30.3 Å². The fraction of sp³-hybridized carbons (Fsp3) is 0.111. The van der Waals surface area contributed by atoms with E-state index in [0.29, 0.717) is 24.0 Å². The number of rotatable bonds is 6. The quantitative estimate of drug-likeness (QED) is 0.647. The highest BCUT2D eigenvalue weighted by atomic mass is 16.4. The molecule has 1 N–H and O–H groups in total. The van der Waals surface area contributed by atoms with Gasteiger partial charge in [-0.2, -0.15) is 0 Å². The Morgan fingerprint density at radius 1 is 1.19 bits per heavy atom. The smallest absolute Gasteiger partial charge is 0.336 e. The molecular formula is C18H17NO2. The number of aromatic nitrogens is 1. The Balaban J connectivity index is 2.48. The molecule has 0 aliphatic carbocycles. The summed E-state index contributed by atoms with van der Waals surface area (Å²) in [4.78, 5) is 15.7. The average Bonchev–Trinajstić information content (AvgIpc) is 2.49. The number of aliphatic carboxylic acids is 1. The molecule has 106 valence electrons. The highest BCUT2D eigenvalue weighted by molar-refractivity contribution is 6.16. The Kier molecular flexibility index (Phi) is 5.04. The van der Waals surface area contributed by atoms with Gasteiger partial charge in [-0.05, 0) is 30.0 Å². The fourth-order valence-corrected chi connectivity index (χ4v) is 2.27. The minimum atomic E-state index is -0.934. The van der Waals surface area contributed by atoms with Crippen molar-refractivity contribution in [2.75, 3.05) is 0 Å². The molecule has 1 aromatic heterocycles. The summed E-state index contributed by atoms with van der Waals surface area (Å²) in [5.41, 5.74) is 2.85. The van der Waals surface area contributed by atoms with Crippen LogP contribution in [0.5, 0.6) is 0 Å². The normalized spacial score (nSPS) is 11.6. The molecule has 0 atom stereocenters. The molecule has 0 aliphatic rings. The first-order chi connectivity index (χ1) is 10.2. The van der Waals surface area contributed by atoms with E-state index < -0.39 is 5.97 Å². The molecule has 21 heavy (non-hydrogen) atoms. The molecule has 1 aromatic carbocycles. The minimum Gasteiger partial charge on any atom is -0.478 e. The second-order valence-corrected chi connectivity index (χ2v) is 4.68. The molecule has 0 bridgehead atoms. The van der Waals surface area contributed by atoms with Crippen LogP contribution in [-0.2, 0) is 11.2 Å². The lowest BCUT2D eigenvalue weighted by atomic mass is 9.93. The second-order valence-electron chi connectivity index (χ2n) is 4.68. The van der Waals surface area contributed by atoms with Crippen LogP contribution in [0.2, 0.25) is 0 Å². The van der Waals surface area contributed by atoms with Crippen molar-refractivity contribution in [2.45, 2.75) is 12.8 Å². The first-order valence-electron chi connectivity index (χ1n) is 6.73. The Bertz CT molecular complexity index is 645. The maximum Gasteiger partial charge on any atom is 0.336 e. The molecule has 0 saturated carbocycles. The predicted molar refractivity (Wildman–Crippen MR) is 83.8 cm³/mol. The number of carbonyl (C=O) groups is 1. The van der Waals surface area contributed by atoms with Crippen molar-refractivity contribution >= 4 is 11.5 Å². The molecule has 0 aliphatic heterocycles. The highest BCUT2D eigenvalue weighted by Crippen LogP contribution is 2.24. The summed E-state index contributed by atoms with van der Waals surface area (Å²) >= 11 is 0. The zero-order valence-corrected chi connectivity index (χ0v) is 11.7. The lowest BCUT2D eigenvalue weighted by molar-refractivity contribution is -0.130. The van der Waals surface area contributed by atoms with Crippen LogP contribution in [0.15, 0.2) is 73.1 Å². The first-order valence-corrected chi connectivity index (χ1v) is 6.73. The van der Waals surface area contributed by atoms with Crippen molar-refractivity contribution in [2.24, 2.45) is 0 Å². The summed E-state index contributed by atoms with van der Waals surface area (Å²) in [6.07, 6.45) is 6.07. The lowest BCUT2D eigenvalue weighted by Crippen LogP contribution is -2.06. The van der Waals surface area contributed by atoms with E-state index in [1.54, 1.807) is 30.6 Å². The highest BCUT2D eigenvalue weighted by Gasteiger charge is 2.16. The maximum absolute atomic E-state index is 11.7. The van der Waals surface area contributed by atoms with Crippen molar-refractivity contribution in [1.29, 1.82) is 0 Å². The zero-order valence-electron chi connectivity index (χ0n) is 11.7. The molecule has 0 fully saturated rings. The van der Waals surface area contributed by atoms with Gasteiger partial charge in [0.05, 0.1) is 5.57 Å². The third kappa shape index (κ3) is 3.89. The van der Waals surface area contributed by atoms with E-state index in [-0.39, 0.29) is 0 Å². The van der Waals surface area contributed by atoms with E-state index in [2.05, 4.69) is 11.6 Å². The number of pyridine rings is 1. The van der Waals surface area contributed by atoms with E-state index in [9.17, 15) is 9.90 Å². The number of allylic oxidation sites excluding steroid dienone is 2. The van der Waals surface area contributed by atoms with Crippen LogP contribution in [0, 0.1) is 0 Å². The van der Waals surface area contributed by atoms with Gasteiger partial charge in [0.15, 0.2) is 0 Å². The van der Waals surface area contributed by atoms with Gasteiger partial charge in [-0.15, -0.1) is 6.58 Å². The van der Waals surface area contributed by atoms with Gasteiger partial charge in [-0.25, -0.2) is 4.79 Å². The molecule has 0 amide bonds. The number of carboxylic acids is 1. The van der Waals surface area contributed by atoms with E-state index >= 15 is 0 Å². The second kappa shape index (κ2) is 7.20. The summed E-state index contributed by atoms with van der Waals surface area (Å²) in [6, 6.07) is 13.3. The molecule has 3 nitrogen and oxygen atoms in total. The Hall–Kier alpha value is -2.68. The van der Waals surface area contributed by atoms with Crippen LogP contribution in [0.3, 0.4) is 0 Å². The van der Waals surface area contributed by atoms with Crippen LogP contribution in [-0.4, -0.2) is 16.1 Å². The summed E-state index contributed by atoms with van der Waals surface area (Å²) in [5.74, 6) is -0.934. The van der Waals surface area contributed by atoms with Crippen LogP contribution in [0.4, 0.5) is 0 Å². The molecule has 0 saturated heterocycles. The molecular weight excluding hydrogens is 262 g/mol. The number of nitrogens with zero attached hydrogens (tertiary/aromatic N) is 1. The molecule has 3 heteroatoms. The van der Waals surface area contributed by atoms with Crippen molar-refractivity contribution in [3.8, 4) is 0 Å². The van der Waals surface area contributed by atoms with Crippen LogP contribution < -0.4 is 0 Å². The SMILES string of the molecule is C=CCC(Cc1ccccc1)=C(C(=O)O)c1cccnc1. The molecule has 0 radical (unpaired) electrons. The van der Waals surface area contributed by atoms with Gasteiger partial charge >= 0.3 is 5.97 Å². The van der Waals surface area contributed by atoms with Gasteiger partial charge < -0.3 is 5.11 Å². The van der Waals surface area contributed by atoms with Gasteiger partial charge in [-0.1, -0.05) is 42.5 Å². The van der Waals surface area contributed by atoms with E-state index in [0.717, 1.165) is 11.1 Å². The number of hydrogen-bond donors (Lipinski definition) is 1. The Labute approximate surface area is 124 Å². The fourth-order valence-electron chi connectivity index (χ4n) is 2.27. The maximum atomic E-state index is 11.7. The number of carboxylic acid groups (broad SMARTS) is 1. The monoisotopic (exact) mass is 279 g/mol. The van der Waals surface area contributed by atoms with Crippen molar-refractivity contribution in [1.82, 2.24) is 4.98 Å². The number of benzene rings is 1. The largest absolute Gasteiger partial charge is 0.478 e. The van der Waals surface area contributed by atoms with Gasteiger partial charge in [0.25, 0.3) is 0 Å². The van der Waals surface area contributed by atoms with Crippen molar-refractivity contribution < 1.29 is 9.90 Å². The lowest BCUT2D eigenvalue weighted by Gasteiger charge is -2.11. The van der Waals surface area contributed by atoms with Crippen LogP contribution in [0.25, 0.3) is 5.57 Å². The van der Waals surface area contributed by atoms with E-state index in [4.69, 9.17) is 0 Å². The van der Waals surface area contributed by atoms with Crippen LogP contribution in [0.1, 0.15) is 17.5 Å². The van der Waals surface area contributed by atoms with Crippen molar-refractivity contribution in [3.05, 3.63) is 84.2 Å². The van der Waals surface area contributed by atoms with Crippen LogP contribution >= 0.6 is 0 Å². The van der Waals surface area contributed by atoms with Gasteiger partial charge in [0.2, 0.25) is 0 Å². The average molecular weight is 279 g/mol. The Morgan fingerprint density at radius 2 is 1.95 bits per heavy atom. The third-order valence-corrected chi connectivity index (χ3v) is 3.17. The summed E-state index contributed by atoms with van der Waals surface area (Å²) in [7, 11) is 0. The first kappa shape index (κ1) is 14.7. The third-order valence-electron chi connectivity index (χ3n) is 3.17. The van der Waals surface area contributed by atoms with E-state index in [1.165, 1.54) is 0 Å². The Morgan fingerprint density at radius 3 is 2.52 bits per heavy atom. The van der Waals surface area contributed by atoms with Gasteiger partial charge in [-0.3, -0.25) is 4.98 Å². The molecule has 0 unspecified atom stereocenters.